The average Bonchev–Trinajstić information content (AvgIpc) is 2.42. The normalized spacial score (nSPS) is 12.8. The van der Waals surface area contributed by atoms with Gasteiger partial charge in [0, 0.05) is 24.7 Å². The lowest BCUT2D eigenvalue weighted by Crippen LogP contribution is -2.35. The Kier molecular flexibility index (Phi) is 4.98. The topological polar surface area (TPSA) is 71.7 Å². The van der Waals surface area contributed by atoms with Crippen molar-refractivity contribution in [1.82, 2.24) is 5.32 Å². The molecule has 0 aliphatic carbocycles. The smallest absolute Gasteiger partial charge is 0.192 e. The molecule has 2 N–H and O–H groups in total. The minimum absolute atomic E-state index is 0.0681. The number of fused-ring (bicyclic) bond motifs is 1. The summed E-state index contributed by atoms with van der Waals surface area (Å²) in [5.41, 5.74) is 0.425. The number of rotatable bonds is 6. The first-order chi connectivity index (χ1) is 9.95. The lowest BCUT2D eigenvalue weighted by atomic mass is 10.2. The van der Waals surface area contributed by atoms with Crippen molar-refractivity contribution in [3.8, 4) is 5.75 Å². The van der Waals surface area contributed by atoms with E-state index in [1.807, 2.05) is 13.8 Å². The lowest BCUT2D eigenvalue weighted by Gasteiger charge is -2.15. The van der Waals surface area contributed by atoms with Crippen LogP contribution >= 0.6 is 0 Å². The summed E-state index contributed by atoms with van der Waals surface area (Å²) in [6.45, 7) is 6.42. The van der Waals surface area contributed by atoms with E-state index in [2.05, 4.69) is 5.32 Å². The third-order valence-corrected chi connectivity index (χ3v) is 3.03. The molecule has 0 fully saturated rings. The first kappa shape index (κ1) is 15.5. The summed E-state index contributed by atoms with van der Waals surface area (Å²) < 4.78 is 11.0. The first-order valence-corrected chi connectivity index (χ1v) is 7.04. The van der Waals surface area contributed by atoms with Gasteiger partial charge in [0.25, 0.3) is 0 Å². The fraction of sp³-hybridized carbons (Fsp3) is 0.438. The summed E-state index contributed by atoms with van der Waals surface area (Å²) >= 11 is 0. The predicted octanol–water partition coefficient (Wildman–Crippen LogP) is 1.84. The van der Waals surface area contributed by atoms with Crippen molar-refractivity contribution in [3.63, 3.8) is 0 Å². The second kappa shape index (κ2) is 6.74. The Morgan fingerprint density at radius 1 is 1.33 bits per heavy atom. The van der Waals surface area contributed by atoms with Crippen LogP contribution in [0.4, 0.5) is 0 Å². The Balaban J connectivity index is 2.04. The van der Waals surface area contributed by atoms with E-state index in [1.165, 1.54) is 6.07 Å². The Labute approximate surface area is 123 Å². The van der Waals surface area contributed by atoms with Crippen molar-refractivity contribution in [2.24, 2.45) is 0 Å². The SMILES string of the molecule is Cc1cc(=O)c2ccc(OCC(O)CNC(C)C)cc2o1. The number of hydrogen-bond acceptors (Lipinski definition) is 5. The highest BCUT2D eigenvalue weighted by Crippen LogP contribution is 2.19. The standard InChI is InChI=1S/C16H21NO4/c1-10(2)17-8-12(18)9-20-13-4-5-14-15(19)6-11(3)21-16(14)7-13/h4-7,10,12,17-18H,8-9H2,1-3H3. The number of nitrogens with one attached hydrogen (secondary N) is 1. The van der Waals surface area contributed by atoms with Crippen LogP contribution in [0.1, 0.15) is 19.6 Å². The van der Waals surface area contributed by atoms with Crippen molar-refractivity contribution in [2.75, 3.05) is 13.2 Å². The summed E-state index contributed by atoms with van der Waals surface area (Å²) in [6.07, 6.45) is -0.590. The van der Waals surface area contributed by atoms with Gasteiger partial charge < -0.3 is 19.6 Å². The van der Waals surface area contributed by atoms with E-state index < -0.39 is 6.10 Å². The Morgan fingerprint density at radius 2 is 2.10 bits per heavy atom. The van der Waals surface area contributed by atoms with Crippen LogP contribution in [0.25, 0.3) is 11.0 Å². The molecule has 5 heteroatoms. The van der Waals surface area contributed by atoms with Crippen molar-refractivity contribution in [3.05, 3.63) is 40.2 Å². The molecule has 1 aromatic heterocycles. The molecule has 0 bridgehead atoms. The van der Waals surface area contributed by atoms with Crippen molar-refractivity contribution in [1.29, 1.82) is 0 Å². The monoisotopic (exact) mass is 291 g/mol. The fourth-order valence-corrected chi connectivity index (χ4v) is 1.97. The molecule has 1 aromatic carbocycles. The summed E-state index contributed by atoms with van der Waals surface area (Å²) in [4.78, 5) is 11.8. The molecule has 0 spiro atoms. The molecule has 2 aromatic rings. The zero-order chi connectivity index (χ0) is 15.4. The molecule has 1 atom stereocenters. The van der Waals surface area contributed by atoms with Gasteiger partial charge in [-0.25, -0.2) is 0 Å². The molecular weight excluding hydrogens is 270 g/mol. The molecule has 0 saturated carbocycles. The summed E-state index contributed by atoms with van der Waals surface area (Å²) in [7, 11) is 0. The number of aliphatic hydroxyl groups excluding tert-OH is 1. The summed E-state index contributed by atoms with van der Waals surface area (Å²) in [5, 5.41) is 13.5. The number of ether oxygens (including phenoxy) is 1. The largest absolute Gasteiger partial charge is 0.491 e. The van der Waals surface area contributed by atoms with E-state index in [4.69, 9.17) is 9.15 Å². The average molecular weight is 291 g/mol. The van der Waals surface area contributed by atoms with Gasteiger partial charge in [0.15, 0.2) is 5.43 Å². The molecule has 114 valence electrons. The lowest BCUT2D eigenvalue weighted by molar-refractivity contribution is 0.104. The van der Waals surface area contributed by atoms with Crippen LogP contribution in [0.3, 0.4) is 0 Å². The van der Waals surface area contributed by atoms with Crippen LogP contribution in [0, 0.1) is 6.92 Å². The first-order valence-electron chi connectivity index (χ1n) is 7.04. The molecule has 0 aliphatic heterocycles. The van der Waals surface area contributed by atoms with Crippen LogP contribution in [-0.4, -0.2) is 30.4 Å². The Hall–Kier alpha value is -1.85. The maximum atomic E-state index is 11.8. The number of aryl methyl sites for hydroxylation is 1. The quantitative estimate of drug-likeness (QED) is 0.849. The van der Waals surface area contributed by atoms with E-state index in [-0.39, 0.29) is 12.0 Å². The van der Waals surface area contributed by atoms with E-state index in [0.717, 1.165) is 0 Å². The van der Waals surface area contributed by atoms with Crippen molar-refractivity contribution < 1.29 is 14.3 Å². The fourth-order valence-electron chi connectivity index (χ4n) is 1.97. The second-order valence-corrected chi connectivity index (χ2v) is 5.41. The van der Waals surface area contributed by atoms with Crippen molar-refractivity contribution in [2.45, 2.75) is 32.9 Å². The van der Waals surface area contributed by atoms with Gasteiger partial charge in [-0.3, -0.25) is 4.79 Å². The van der Waals surface area contributed by atoms with Gasteiger partial charge >= 0.3 is 0 Å². The third-order valence-electron chi connectivity index (χ3n) is 3.03. The molecule has 0 radical (unpaired) electrons. The van der Waals surface area contributed by atoms with E-state index in [1.54, 1.807) is 25.1 Å². The zero-order valence-corrected chi connectivity index (χ0v) is 12.6. The van der Waals surface area contributed by atoms with Gasteiger partial charge in [-0.2, -0.15) is 0 Å². The minimum Gasteiger partial charge on any atom is -0.491 e. The van der Waals surface area contributed by atoms with E-state index in [9.17, 15) is 9.90 Å². The third kappa shape index (κ3) is 4.31. The van der Waals surface area contributed by atoms with E-state index >= 15 is 0 Å². The molecular formula is C16H21NO4. The van der Waals surface area contributed by atoms with Gasteiger partial charge in [-0.15, -0.1) is 0 Å². The number of benzene rings is 1. The molecule has 1 unspecified atom stereocenters. The van der Waals surface area contributed by atoms with Crippen molar-refractivity contribution >= 4 is 11.0 Å². The van der Waals surface area contributed by atoms with Gasteiger partial charge in [-0.1, -0.05) is 13.8 Å². The highest BCUT2D eigenvalue weighted by atomic mass is 16.5. The molecule has 0 amide bonds. The maximum absolute atomic E-state index is 11.8. The van der Waals surface area contributed by atoms with Crippen LogP contribution in [0.5, 0.6) is 5.75 Å². The zero-order valence-electron chi connectivity index (χ0n) is 12.6. The number of aliphatic hydroxyl groups is 1. The molecule has 1 heterocycles. The molecule has 0 aliphatic rings. The summed E-state index contributed by atoms with van der Waals surface area (Å²) in [6, 6.07) is 6.83. The van der Waals surface area contributed by atoms with Gasteiger partial charge in [-0.05, 0) is 19.1 Å². The minimum atomic E-state index is -0.590. The van der Waals surface area contributed by atoms with Crippen LogP contribution in [0.2, 0.25) is 0 Å². The molecule has 5 nitrogen and oxygen atoms in total. The van der Waals surface area contributed by atoms with Crippen LogP contribution < -0.4 is 15.5 Å². The van der Waals surface area contributed by atoms with Crippen LogP contribution in [0.15, 0.2) is 33.5 Å². The van der Waals surface area contributed by atoms with Gasteiger partial charge in [0.05, 0.1) is 5.39 Å². The Morgan fingerprint density at radius 3 is 2.81 bits per heavy atom. The number of hydrogen-bond donors (Lipinski definition) is 2. The highest BCUT2D eigenvalue weighted by Gasteiger charge is 2.08. The molecule has 2 rings (SSSR count). The van der Waals surface area contributed by atoms with Crippen LogP contribution in [-0.2, 0) is 0 Å². The van der Waals surface area contributed by atoms with Gasteiger partial charge in [0.1, 0.15) is 29.8 Å². The maximum Gasteiger partial charge on any atom is 0.192 e. The molecule has 21 heavy (non-hydrogen) atoms. The Bertz CT molecular complexity index is 663. The summed E-state index contributed by atoms with van der Waals surface area (Å²) in [5.74, 6) is 1.13. The second-order valence-electron chi connectivity index (χ2n) is 5.41. The highest BCUT2D eigenvalue weighted by molar-refractivity contribution is 5.77. The predicted molar refractivity (Wildman–Crippen MR) is 81.9 cm³/mol. The van der Waals surface area contributed by atoms with Gasteiger partial charge in [0.2, 0.25) is 0 Å². The molecule has 0 saturated heterocycles. The van der Waals surface area contributed by atoms with E-state index in [0.29, 0.717) is 35.1 Å².